The van der Waals surface area contributed by atoms with E-state index in [4.69, 9.17) is 9.47 Å². The first-order valence-electron chi connectivity index (χ1n) is 10.0. The highest BCUT2D eigenvalue weighted by Crippen LogP contribution is 2.43. The molecule has 148 valence electrons. The summed E-state index contributed by atoms with van der Waals surface area (Å²) < 4.78 is 11.9. The average molecular weight is 374 g/mol. The Kier molecular flexibility index (Phi) is 7.24. The van der Waals surface area contributed by atoms with E-state index in [1.54, 1.807) is 24.5 Å². The van der Waals surface area contributed by atoms with E-state index in [-0.39, 0.29) is 24.3 Å². The van der Waals surface area contributed by atoms with Crippen LogP contribution in [0.15, 0.2) is 36.4 Å². The number of nitrogens with one attached hydrogen (secondary N) is 1. The molecule has 3 atom stereocenters. The van der Waals surface area contributed by atoms with Crippen LogP contribution in [0.25, 0.3) is 0 Å². The van der Waals surface area contributed by atoms with Crippen LogP contribution in [0.3, 0.4) is 0 Å². The number of rotatable bonds is 8. The maximum absolute atomic E-state index is 12.8. The summed E-state index contributed by atoms with van der Waals surface area (Å²) in [5, 5.41) is 12.2. The molecule has 6 heteroatoms. The quantitative estimate of drug-likeness (QED) is 0.728. The zero-order valence-corrected chi connectivity index (χ0v) is 16.0. The van der Waals surface area contributed by atoms with Crippen LogP contribution in [0.2, 0.25) is 0 Å². The van der Waals surface area contributed by atoms with Crippen LogP contribution in [-0.4, -0.2) is 35.5 Å². The highest BCUT2D eigenvalue weighted by Gasteiger charge is 2.41. The molecule has 1 aromatic heterocycles. The molecule has 1 saturated carbocycles. The molecule has 3 rings (SSSR count). The molecule has 0 saturated heterocycles. The lowest BCUT2D eigenvalue weighted by molar-refractivity contribution is -0.174. The monoisotopic (exact) mass is 374 g/mol. The fraction of sp³-hybridized carbons (Fsp3) is 0.619. The number of aromatic nitrogens is 1. The molecule has 0 bridgehead atoms. The third-order valence-corrected chi connectivity index (χ3v) is 5.54. The molecule has 2 aliphatic rings. The van der Waals surface area contributed by atoms with Crippen molar-refractivity contribution in [3.8, 4) is 0 Å². The summed E-state index contributed by atoms with van der Waals surface area (Å²) >= 11 is 0. The van der Waals surface area contributed by atoms with Crippen LogP contribution in [0.5, 0.6) is 0 Å². The number of aliphatic hydroxyl groups excluding tert-OH is 1. The minimum atomic E-state index is -0.452. The van der Waals surface area contributed by atoms with E-state index in [0.717, 1.165) is 6.42 Å². The van der Waals surface area contributed by atoms with Crippen molar-refractivity contribution in [1.82, 2.24) is 4.98 Å². The normalized spacial score (nSPS) is 25.7. The Balaban J connectivity index is 1.82. The van der Waals surface area contributed by atoms with Crippen LogP contribution in [-0.2, 0) is 14.3 Å². The number of amides is 1. The number of nitrogens with zero attached hydrogens (tertiary/aromatic N) is 1. The molecule has 0 radical (unpaired) electrons. The molecule has 0 spiro atoms. The number of anilines is 1. The molecule has 1 fully saturated rings. The van der Waals surface area contributed by atoms with Crippen molar-refractivity contribution in [2.45, 2.75) is 51.7 Å². The summed E-state index contributed by atoms with van der Waals surface area (Å²) in [5.74, 6) is 1.00. The van der Waals surface area contributed by atoms with Crippen molar-refractivity contribution in [2.75, 3.05) is 18.5 Å². The van der Waals surface area contributed by atoms with Crippen LogP contribution in [0.1, 0.15) is 45.4 Å². The van der Waals surface area contributed by atoms with E-state index in [9.17, 15) is 9.90 Å². The fourth-order valence-corrected chi connectivity index (χ4v) is 4.30. The molecule has 0 unspecified atom stereocenters. The molecule has 6 nitrogen and oxygen atoms in total. The van der Waals surface area contributed by atoms with E-state index in [1.165, 1.54) is 25.7 Å². The topological polar surface area (TPSA) is 80.7 Å². The van der Waals surface area contributed by atoms with E-state index in [2.05, 4.69) is 10.3 Å². The first-order chi connectivity index (χ1) is 13.2. The van der Waals surface area contributed by atoms with Gasteiger partial charge in [-0.25, -0.2) is 0 Å². The van der Waals surface area contributed by atoms with Gasteiger partial charge in [-0.15, -0.1) is 0 Å². The second kappa shape index (κ2) is 9.85. The highest BCUT2D eigenvalue weighted by molar-refractivity contribution is 6.02. The third kappa shape index (κ3) is 5.08. The highest BCUT2D eigenvalue weighted by atomic mass is 16.7. The predicted octanol–water partition coefficient (Wildman–Crippen LogP) is 3.49. The molecule has 1 aromatic rings. The largest absolute Gasteiger partial charge is 0.459 e. The van der Waals surface area contributed by atoms with E-state index in [0.29, 0.717) is 30.4 Å². The summed E-state index contributed by atoms with van der Waals surface area (Å²) in [7, 11) is 0. The number of ether oxygens (including phenoxy) is 2. The number of allylic oxidation sites excluding steroid dienone is 1. The van der Waals surface area contributed by atoms with Crippen molar-refractivity contribution in [3.63, 3.8) is 0 Å². The Morgan fingerprint density at radius 2 is 2.22 bits per heavy atom. The Labute approximate surface area is 161 Å². The molecule has 2 N–H and O–H groups in total. The van der Waals surface area contributed by atoms with Gasteiger partial charge in [0.05, 0.1) is 11.9 Å². The van der Waals surface area contributed by atoms with Gasteiger partial charge in [0, 0.05) is 25.3 Å². The van der Waals surface area contributed by atoms with Gasteiger partial charge in [-0.3, -0.25) is 9.78 Å². The Bertz CT molecular complexity index is 628. The van der Waals surface area contributed by atoms with Crippen LogP contribution >= 0.6 is 0 Å². The zero-order valence-electron chi connectivity index (χ0n) is 16.0. The lowest BCUT2D eigenvalue weighted by Crippen LogP contribution is -2.40. The number of aliphatic hydroxyl groups is 1. The Hall–Kier alpha value is -1.92. The number of carbonyl (C=O) groups is 1. The lowest BCUT2D eigenvalue weighted by Gasteiger charge is -2.39. The summed E-state index contributed by atoms with van der Waals surface area (Å²) in [6.07, 6.45) is 11.2. The minimum Gasteiger partial charge on any atom is -0.459 e. The van der Waals surface area contributed by atoms with Crippen molar-refractivity contribution >= 4 is 11.6 Å². The SMILES string of the molecule is CCO[C@H]1OC(C(=O)Nc2cccnc2)=C[C@@H](C2CCCC2)[C@H]1CCCO. The number of carbonyl (C=O) groups excluding carboxylic acids is 1. The number of hydrogen-bond donors (Lipinski definition) is 2. The molecule has 1 aliphatic carbocycles. The summed E-state index contributed by atoms with van der Waals surface area (Å²) in [6, 6.07) is 3.58. The van der Waals surface area contributed by atoms with E-state index >= 15 is 0 Å². The first kappa shape index (κ1) is 19.8. The number of pyridine rings is 1. The Morgan fingerprint density at radius 3 is 2.89 bits per heavy atom. The maximum Gasteiger partial charge on any atom is 0.290 e. The van der Waals surface area contributed by atoms with Gasteiger partial charge in [0.2, 0.25) is 6.29 Å². The average Bonchev–Trinajstić information content (AvgIpc) is 3.22. The van der Waals surface area contributed by atoms with Crippen molar-refractivity contribution < 1.29 is 19.4 Å². The van der Waals surface area contributed by atoms with Gasteiger partial charge in [-0.2, -0.15) is 0 Å². The van der Waals surface area contributed by atoms with Gasteiger partial charge >= 0.3 is 0 Å². The second-order valence-electron chi connectivity index (χ2n) is 7.32. The van der Waals surface area contributed by atoms with Gasteiger partial charge in [0.1, 0.15) is 0 Å². The van der Waals surface area contributed by atoms with Gasteiger partial charge in [-0.1, -0.05) is 12.8 Å². The lowest BCUT2D eigenvalue weighted by atomic mass is 9.76. The smallest absolute Gasteiger partial charge is 0.290 e. The van der Waals surface area contributed by atoms with Gasteiger partial charge in [0.25, 0.3) is 5.91 Å². The summed E-state index contributed by atoms with van der Waals surface area (Å²) in [4.78, 5) is 16.8. The number of hydrogen-bond acceptors (Lipinski definition) is 5. The van der Waals surface area contributed by atoms with Crippen LogP contribution in [0.4, 0.5) is 5.69 Å². The molecule has 1 amide bonds. The standard InChI is InChI=1S/C21H30N2O4/c1-2-26-21-17(10-6-12-24)18(15-7-3-4-8-15)13-19(27-21)20(25)23-16-9-5-11-22-14-16/h5,9,11,13-15,17-18,21,24H,2-4,6-8,10,12H2,1H3,(H,23,25)/t17-,18+,21+/m1/s1. The Morgan fingerprint density at radius 1 is 1.41 bits per heavy atom. The third-order valence-electron chi connectivity index (χ3n) is 5.54. The molecular formula is C21H30N2O4. The molecule has 0 aromatic carbocycles. The summed E-state index contributed by atoms with van der Waals surface area (Å²) in [6.45, 7) is 2.62. The van der Waals surface area contributed by atoms with Crippen LogP contribution < -0.4 is 5.32 Å². The second-order valence-corrected chi connectivity index (χ2v) is 7.32. The maximum atomic E-state index is 12.8. The first-order valence-corrected chi connectivity index (χ1v) is 10.0. The fourth-order valence-electron chi connectivity index (χ4n) is 4.30. The predicted molar refractivity (Wildman–Crippen MR) is 103 cm³/mol. The van der Waals surface area contributed by atoms with Crippen molar-refractivity contribution in [2.24, 2.45) is 17.8 Å². The van der Waals surface area contributed by atoms with Crippen molar-refractivity contribution in [1.29, 1.82) is 0 Å². The van der Waals surface area contributed by atoms with E-state index in [1.807, 2.05) is 13.0 Å². The molecular weight excluding hydrogens is 344 g/mol. The van der Waals surface area contributed by atoms with Crippen LogP contribution in [0, 0.1) is 17.8 Å². The molecule has 1 aliphatic heterocycles. The van der Waals surface area contributed by atoms with Gasteiger partial charge in [-0.05, 0) is 62.7 Å². The van der Waals surface area contributed by atoms with Gasteiger partial charge < -0.3 is 19.9 Å². The van der Waals surface area contributed by atoms with E-state index < -0.39 is 6.29 Å². The minimum absolute atomic E-state index is 0.158. The van der Waals surface area contributed by atoms with Gasteiger partial charge in [0.15, 0.2) is 5.76 Å². The zero-order chi connectivity index (χ0) is 19.1. The summed E-state index contributed by atoms with van der Waals surface area (Å²) in [5.41, 5.74) is 0.639. The molecule has 2 heterocycles. The van der Waals surface area contributed by atoms with Crippen molar-refractivity contribution in [3.05, 3.63) is 36.4 Å². The molecule has 27 heavy (non-hydrogen) atoms.